The molecule has 0 saturated heterocycles. The van der Waals surface area contributed by atoms with Gasteiger partial charge in [0, 0.05) is 16.6 Å². The van der Waals surface area contributed by atoms with Crippen LogP contribution in [-0.2, 0) is 14.4 Å². The highest BCUT2D eigenvalue weighted by molar-refractivity contribution is 14.1. The Morgan fingerprint density at radius 2 is 1.81 bits per heavy atom. The second-order valence-electron chi connectivity index (χ2n) is 6.06. The Morgan fingerprint density at radius 1 is 1.03 bits per heavy atom. The Hall–Kier alpha value is -2.42. The molecule has 31 heavy (non-hydrogen) atoms. The third-order valence-corrected chi connectivity index (χ3v) is 4.51. The molecule has 0 bridgehead atoms. The first-order chi connectivity index (χ1) is 14.8. The van der Waals surface area contributed by atoms with Gasteiger partial charge in [0.2, 0.25) is 5.91 Å². The summed E-state index contributed by atoms with van der Waals surface area (Å²) < 4.78 is 47.9. The van der Waals surface area contributed by atoms with Crippen LogP contribution in [0.5, 0.6) is 0 Å². The van der Waals surface area contributed by atoms with E-state index in [-0.39, 0.29) is 37.5 Å². The van der Waals surface area contributed by atoms with E-state index in [1.54, 1.807) is 6.07 Å². The minimum Gasteiger partial charge on any atom is -0.379 e. The fraction of sp³-hybridized carbons (Fsp3) is 0.263. The van der Waals surface area contributed by atoms with Crippen molar-refractivity contribution in [3.05, 3.63) is 56.9 Å². The van der Waals surface area contributed by atoms with Gasteiger partial charge in [-0.15, -0.1) is 0 Å². The van der Waals surface area contributed by atoms with Crippen LogP contribution in [0, 0.1) is 21.0 Å². The van der Waals surface area contributed by atoms with Crippen LogP contribution >= 0.6 is 22.6 Å². The zero-order valence-electron chi connectivity index (χ0n) is 16.0. The van der Waals surface area contributed by atoms with Crippen molar-refractivity contribution < 1.29 is 37.5 Å². The lowest BCUT2D eigenvalue weighted by Crippen LogP contribution is -2.27. The zero-order chi connectivity index (χ0) is 22.8. The monoisotopic (exact) mass is 553 g/mol. The number of rotatable bonds is 11. The minimum absolute atomic E-state index is 0.0594. The van der Waals surface area contributed by atoms with Gasteiger partial charge in [-0.05, 0) is 59.3 Å². The summed E-state index contributed by atoms with van der Waals surface area (Å²) in [5, 5.41) is 10.8. The number of carbonyl (C=O) groups excluding carboxylic acids is 2. The van der Waals surface area contributed by atoms with Crippen LogP contribution in [0.25, 0.3) is 0 Å². The molecule has 2 amide bonds. The maximum absolute atomic E-state index is 14.3. The molecular formula is C19H19F3IN3O5. The quantitative estimate of drug-likeness (QED) is 0.147. The van der Waals surface area contributed by atoms with Crippen LogP contribution in [0.4, 0.5) is 24.5 Å². The molecule has 0 atom stereocenters. The molecule has 2 rings (SSSR count). The number of hydrogen-bond donors (Lipinski definition) is 4. The van der Waals surface area contributed by atoms with E-state index in [1.807, 2.05) is 22.6 Å². The molecule has 0 aliphatic rings. The van der Waals surface area contributed by atoms with Crippen LogP contribution < -0.4 is 16.3 Å². The number of hydrogen-bond acceptors (Lipinski definition) is 6. The van der Waals surface area contributed by atoms with Crippen molar-refractivity contribution in [3.63, 3.8) is 0 Å². The average molecular weight is 553 g/mol. The zero-order valence-corrected chi connectivity index (χ0v) is 18.2. The first kappa shape index (κ1) is 24.8. The van der Waals surface area contributed by atoms with Crippen molar-refractivity contribution in [1.82, 2.24) is 11.0 Å². The summed E-state index contributed by atoms with van der Waals surface area (Å²) in [5.74, 6) is -4.68. The van der Waals surface area contributed by atoms with E-state index in [4.69, 9.17) is 14.8 Å². The average Bonchev–Trinajstić information content (AvgIpc) is 2.74. The number of halogens is 4. The molecule has 2 aromatic carbocycles. The summed E-state index contributed by atoms with van der Waals surface area (Å²) in [7, 11) is 0. The van der Waals surface area contributed by atoms with Crippen molar-refractivity contribution in [2.24, 2.45) is 0 Å². The van der Waals surface area contributed by atoms with Crippen molar-refractivity contribution in [2.45, 2.75) is 12.8 Å². The van der Waals surface area contributed by atoms with Gasteiger partial charge >= 0.3 is 0 Å². The number of anilines is 2. The van der Waals surface area contributed by atoms with Crippen LogP contribution in [-0.4, -0.2) is 36.8 Å². The van der Waals surface area contributed by atoms with Crippen LogP contribution in [0.3, 0.4) is 0 Å². The number of nitrogens with one attached hydrogen (secondary N) is 3. The molecule has 0 spiro atoms. The van der Waals surface area contributed by atoms with E-state index >= 15 is 0 Å². The molecule has 0 aliphatic heterocycles. The number of benzene rings is 2. The van der Waals surface area contributed by atoms with Gasteiger partial charge in [0.15, 0.2) is 11.6 Å². The second kappa shape index (κ2) is 12.4. The normalized spacial score (nSPS) is 10.6. The van der Waals surface area contributed by atoms with Crippen molar-refractivity contribution in [2.75, 3.05) is 25.1 Å². The summed E-state index contributed by atoms with van der Waals surface area (Å²) in [6, 6.07) is 5.89. The molecule has 0 radical (unpaired) electrons. The SMILES string of the molecule is O=C(CCCOCCONC(=O)c1ccc(F)c(F)c1Nc1ccc(I)cc1F)NO. The van der Waals surface area contributed by atoms with Gasteiger partial charge in [0.25, 0.3) is 5.91 Å². The van der Waals surface area contributed by atoms with Crippen molar-refractivity contribution in [1.29, 1.82) is 0 Å². The highest BCUT2D eigenvalue weighted by atomic mass is 127. The number of ether oxygens (including phenoxy) is 1. The highest BCUT2D eigenvalue weighted by Gasteiger charge is 2.20. The predicted octanol–water partition coefficient (Wildman–Crippen LogP) is 3.42. The molecule has 0 aromatic heterocycles. The summed E-state index contributed by atoms with van der Waals surface area (Å²) in [5.41, 5.74) is 2.59. The van der Waals surface area contributed by atoms with E-state index in [0.29, 0.717) is 9.99 Å². The molecule has 2 aromatic rings. The van der Waals surface area contributed by atoms with E-state index in [9.17, 15) is 22.8 Å². The predicted molar refractivity (Wildman–Crippen MR) is 112 cm³/mol. The first-order valence-electron chi connectivity index (χ1n) is 8.96. The smallest absolute Gasteiger partial charge is 0.277 e. The maximum Gasteiger partial charge on any atom is 0.277 e. The third-order valence-electron chi connectivity index (χ3n) is 3.84. The molecule has 8 nitrogen and oxygen atoms in total. The van der Waals surface area contributed by atoms with Crippen molar-refractivity contribution >= 4 is 45.8 Å². The van der Waals surface area contributed by atoms with E-state index in [0.717, 1.165) is 12.1 Å². The summed E-state index contributed by atoms with van der Waals surface area (Å²) in [6.07, 6.45) is 0.457. The van der Waals surface area contributed by atoms with Gasteiger partial charge in [-0.2, -0.15) is 0 Å². The molecule has 0 aliphatic carbocycles. The van der Waals surface area contributed by atoms with Crippen LogP contribution in [0.1, 0.15) is 23.2 Å². The van der Waals surface area contributed by atoms with Gasteiger partial charge in [0.05, 0.1) is 30.2 Å². The van der Waals surface area contributed by atoms with Crippen molar-refractivity contribution in [3.8, 4) is 0 Å². The fourth-order valence-corrected chi connectivity index (χ4v) is 2.81. The lowest BCUT2D eigenvalue weighted by Gasteiger charge is -2.14. The van der Waals surface area contributed by atoms with E-state index < -0.39 is 35.0 Å². The summed E-state index contributed by atoms with van der Waals surface area (Å²) in [4.78, 5) is 28.1. The number of amides is 2. The van der Waals surface area contributed by atoms with Gasteiger partial charge in [-0.1, -0.05) is 0 Å². The molecule has 0 fully saturated rings. The van der Waals surface area contributed by atoms with E-state index in [1.165, 1.54) is 17.6 Å². The van der Waals surface area contributed by atoms with Crippen LogP contribution in [0.2, 0.25) is 0 Å². The summed E-state index contributed by atoms with van der Waals surface area (Å²) >= 11 is 1.90. The Kier molecular flexibility index (Phi) is 9.97. The second-order valence-corrected chi connectivity index (χ2v) is 7.31. The molecule has 4 N–H and O–H groups in total. The Morgan fingerprint density at radius 3 is 2.52 bits per heavy atom. The van der Waals surface area contributed by atoms with Gasteiger partial charge in [-0.3, -0.25) is 19.6 Å². The van der Waals surface area contributed by atoms with Gasteiger partial charge in [-0.25, -0.2) is 24.1 Å². The standard InChI is InChI=1S/C19H19F3IN3O5/c20-13-5-4-12(18(17(13)22)24-15-6-3-11(23)10-14(15)21)19(28)26-31-9-8-30-7-1-2-16(27)25-29/h3-6,10,24,29H,1-2,7-9H2,(H,25,27)(H,26,28). The largest absolute Gasteiger partial charge is 0.379 e. The van der Waals surface area contributed by atoms with Gasteiger partial charge in [0.1, 0.15) is 5.82 Å². The molecule has 0 unspecified atom stereocenters. The Labute approximate surface area is 189 Å². The first-order valence-corrected chi connectivity index (χ1v) is 10.0. The van der Waals surface area contributed by atoms with Gasteiger partial charge < -0.3 is 10.1 Å². The molecule has 168 valence electrons. The van der Waals surface area contributed by atoms with Crippen LogP contribution in [0.15, 0.2) is 30.3 Å². The number of carbonyl (C=O) groups is 2. The fourth-order valence-electron chi connectivity index (χ4n) is 2.35. The molecular weight excluding hydrogens is 534 g/mol. The molecule has 12 heteroatoms. The highest BCUT2D eigenvalue weighted by Crippen LogP contribution is 2.28. The lowest BCUT2D eigenvalue weighted by atomic mass is 10.1. The lowest BCUT2D eigenvalue weighted by molar-refractivity contribution is -0.129. The number of hydroxylamine groups is 2. The van der Waals surface area contributed by atoms with E-state index in [2.05, 4.69) is 10.8 Å². The minimum atomic E-state index is -1.35. The topological polar surface area (TPSA) is 109 Å². The Bertz CT molecular complexity index is 933. The summed E-state index contributed by atoms with van der Waals surface area (Å²) in [6.45, 7) is 0.247. The molecule has 0 heterocycles. The molecule has 0 saturated carbocycles. The maximum atomic E-state index is 14.3. The Balaban J connectivity index is 1.92. The third kappa shape index (κ3) is 7.65.